The van der Waals surface area contributed by atoms with Gasteiger partial charge in [0.05, 0.1) is 19.8 Å². The van der Waals surface area contributed by atoms with Gasteiger partial charge in [-0.1, -0.05) is 11.2 Å². The van der Waals surface area contributed by atoms with Crippen LogP contribution in [-0.4, -0.2) is 34.8 Å². The highest BCUT2D eigenvalue weighted by Crippen LogP contribution is 2.40. The van der Waals surface area contributed by atoms with Gasteiger partial charge < -0.3 is 14.0 Å². The van der Waals surface area contributed by atoms with Crippen LogP contribution in [0, 0.1) is 0 Å². The highest BCUT2D eigenvalue weighted by Gasteiger charge is 2.31. The largest absolute Gasteiger partial charge is 0.490 e. The predicted octanol–water partition coefficient (Wildman–Crippen LogP) is 3.45. The lowest BCUT2D eigenvalue weighted by molar-refractivity contribution is 0.211. The van der Waals surface area contributed by atoms with Crippen molar-refractivity contribution in [2.45, 2.75) is 50.6 Å². The van der Waals surface area contributed by atoms with Gasteiger partial charge in [0.15, 0.2) is 17.3 Å². The minimum atomic E-state index is 0.369. The van der Waals surface area contributed by atoms with E-state index in [9.17, 15) is 0 Å². The molecule has 2 fully saturated rings. The molecule has 1 aliphatic carbocycles. The highest BCUT2D eigenvalue weighted by molar-refractivity contribution is 5.44. The zero-order chi connectivity index (χ0) is 16.6. The summed E-state index contributed by atoms with van der Waals surface area (Å²) in [6.07, 6.45) is 5.65. The minimum Gasteiger partial charge on any atom is -0.490 e. The van der Waals surface area contributed by atoms with Gasteiger partial charge in [-0.05, 0) is 49.9 Å². The second-order valence-electron chi connectivity index (χ2n) is 7.21. The summed E-state index contributed by atoms with van der Waals surface area (Å²) in [5.74, 6) is 3.89. The molecule has 2 aromatic rings. The van der Waals surface area contributed by atoms with E-state index in [1.807, 2.05) is 6.07 Å². The third-order valence-electron chi connectivity index (χ3n) is 5.28. The van der Waals surface area contributed by atoms with Gasteiger partial charge in [-0.3, -0.25) is 4.90 Å². The van der Waals surface area contributed by atoms with Crippen LogP contribution in [0.15, 0.2) is 22.7 Å². The average molecular weight is 341 g/mol. The second kappa shape index (κ2) is 6.33. The van der Waals surface area contributed by atoms with Gasteiger partial charge in [0.25, 0.3) is 0 Å². The topological polar surface area (TPSA) is 60.6 Å². The molecule has 0 spiro atoms. The van der Waals surface area contributed by atoms with E-state index in [0.717, 1.165) is 62.4 Å². The molecule has 1 saturated carbocycles. The van der Waals surface area contributed by atoms with Crippen LogP contribution in [0.3, 0.4) is 0 Å². The zero-order valence-corrected chi connectivity index (χ0v) is 14.3. The van der Waals surface area contributed by atoms with Gasteiger partial charge in [0.1, 0.15) is 0 Å². The Balaban J connectivity index is 1.34. The lowest BCUT2D eigenvalue weighted by Crippen LogP contribution is -2.23. The van der Waals surface area contributed by atoms with Crippen LogP contribution < -0.4 is 9.47 Å². The number of hydrogen-bond acceptors (Lipinski definition) is 6. The molecule has 0 radical (unpaired) electrons. The van der Waals surface area contributed by atoms with Crippen molar-refractivity contribution in [3.05, 3.63) is 35.5 Å². The molecule has 0 N–H and O–H groups in total. The van der Waals surface area contributed by atoms with E-state index in [1.165, 1.54) is 24.8 Å². The summed E-state index contributed by atoms with van der Waals surface area (Å²) in [6.45, 7) is 3.22. The summed E-state index contributed by atoms with van der Waals surface area (Å²) in [4.78, 5) is 7.02. The number of benzene rings is 1. The van der Waals surface area contributed by atoms with Gasteiger partial charge in [0.2, 0.25) is 5.89 Å². The number of nitrogens with zero attached hydrogens (tertiary/aromatic N) is 3. The van der Waals surface area contributed by atoms with Gasteiger partial charge in [-0.2, -0.15) is 4.98 Å². The van der Waals surface area contributed by atoms with Gasteiger partial charge >= 0.3 is 0 Å². The Hall–Kier alpha value is -2.08. The number of hydrogen-bond donors (Lipinski definition) is 0. The quantitative estimate of drug-likeness (QED) is 0.849. The van der Waals surface area contributed by atoms with Crippen molar-refractivity contribution in [1.82, 2.24) is 15.0 Å². The predicted molar refractivity (Wildman–Crippen MR) is 90.7 cm³/mol. The third-order valence-corrected chi connectivity index (χ3v) is 5.28. The van der Waals surface area contributed by atoms with E-state index < -0.39 is 0 Å². The van der Waals surface area contributed by atoms with Crippen molar-refractivity contribution in [3.8, 4) is 11.5 Å². The highest BCUT2D eigenvalue weighted by atomic mass is 16.5. The fourth-order valence-corrected chi connectivity index (χ4v) is 3.79. The van der Waals surface area contributed by atoms with E-state index in [2.05, 4.69) is 27.2 Å². The van der Waals surface area contributed by atoms with Crippen molar-refractivity contribution in [1.29, 1.82) is 0 Å². The molecule has 1 unspecified atom stereocenters. The second-order valence-corrected chi connectivity index (χ2v) is 7.21. The van der Waals surface area contributed by atoms with Crippen LogP contribution in [0.25, 0.3) is 0 Å². The number of rotatable bonds is 4. The molecule has 1 saturated heterocycles. The number of fused-ring (bicyclic) bond motifs is 1. The zero-order valence-electron chi connectivity index (χ0n) is 14.3. The summed E-state index contributed by atoms with van der Waals surface area (Å²) in [7, 11) is 0. The molecule has 132 valence electrons. The average Bonchev–Trinajstić information content (AvgIpc) is 3.29. The van der Waals surface area contributed by atoms with Crippen LogP contribution in [-0.2, 0) is 6.54 Å². The van der Waals surface area contributed by atoms with Crippen LogP contribution in [0.2, 0.25) is 0 Å². The SMILES string of the molecule is c1cc2c(cc1C1CCCN1Cc1nc(C3CC3)no1)OCCCO2. The molecule has 25 heavy (non-hydrogen) atoms. The first-order valence-electron chi connectivity index (χ1n) is 9.33. The Morgan fingerprint density at radius 2 is 1.92 bits per heavy atom. The number of ether oxygens (including phenoxy) is 2. The van der Waals surface area contributed by atoms with E-state index in [-0.39, 0.29) is 0 Å². The van der Waals surface area contributed by atoms with E-state index in [0.29, 0.717) is 12.0 Å². The van der Waals surface area contributed by atoms with E-state index >= 15 is 0 Å². The molecule has 5 rings (SSSR count). The maximum absolute atomic E-state index is 5.85. The van der Waals surface area contributed by atoms with Crippen molar-refractivity contribution in [3.63, 3.8) is 0 Å². The molecule has 6 nitrogen and oxygen atoms in total. The first-order valence-corrected chi connectivity index (χ1v) is 9.33. The molecule has 0 amide bonds. The number of likely N-dealkylation sites (tertiary alicyclic amines) is 1. The number of aromatic nitrogens is 2. The first kappa shape index (κ1) is 15.2. The maximum Gasteiger partial charge on any atom is 0.240 e. The molecule has 3 aliphatic rings. The lowest BCUT2D eigenvalue weighted by atomic mass is 10.0. The molecule has 6 heteroatoms. The Labute approximate surface area is 147 Å². The lowest BCUT2D eigenvalue weighted by Gasteiger charge is -2.23. The molecular formula is C19H23N3O3. The van der Waals surface area contributed by atoms with Crippen LogP contribution >= 0.6 is 0 Å². The molecule has 2 aliphatic heterocycles. The summed E-state index contributed by atoms with van der Waals surface area (Å²) < 4.78 is 17.1. The smallest absolute Gasteiger partial charge is 0.240 e. The normalized spacial score (nSPS) is 23.6. The summed E-state index contributed by atoms with van der Waals surface area (Å²) in [6, 6.07) is 6.73. The van der Waals surface area contributed by atoms with Crippen LogP contribution in [0.5, 0.6) is 11.5 Å². The monoisotopic (exact) mass is 341 g/mol. The molecular weight excluding hydrogens is 318 g/mol. The standard InChI is InChI=1S/C19H23N3O3/c1-3-15(14-6-7-16-17(11-14)24-10-2-9-23-16)22(8-1)12-18-20-19(21-25-18)13-4-5-13/h6-7,11,13,15H,1-5,8-10,12H2. The van der Waals surface area contributed by atoms with Gasteiger partial charge in [-0.15, -0.1) is 0 Å². The van der Waals surface area contributed by atoms with Crippen molar-refractivity contribution in [2.75, 3.05) is 19.8 Å². The molecule has 1 aromatic heterocycles. The van der Waals surface area contributed by atoms with Gasteiger partial charge in [-0.25, -0.2) is 0 Å². The Morgan fingerprint density at radius 3 is 2.80 bits per heavy atom. The Morgan fingerprint density at radius 1 is 1.04 bits per heavy atom. The Bertz CT molecular complexity index is 756. The minimum absolute atomic E-state index is 0.369. The maximum atomic E-state index is 5.85. The van der Waals surface area contributed by atoms with Crippen LogP contribution in [0.4, 0.5) is 0 Å². The van der Waals surface area contributed by atoms with Crippen molar-refractivity contribution < 1.29 is 14.0 Å². The molecule has 3 heterocycles. The molecule has 1 aromatic carbocycles. The summed E-state index contributed by atoms with van der Waals surface area (Å²) >= 11 is 0. The molecule has 1 atom stereocenters. The molecule has 0 bridgehead atoms. The van der Waals surface area contributed by atoms with E-state index in [1.54, 1.807) is 0 Å². The first-order chi connectivity index (χ1) is 12.4. The fraction of sp³-hybridized carbons (Fsp3) is 0.579. The van der Waals surface area contributed by atoms with Crippen molar-refractivity contribution in [2.24, 2.45) is 0 Å². The fourth-order valence-electron chi connectivity index (χ4n) is 3.79. The third kappa shape index (κ3) is 3.11. The Kier molecular flexibility index (Phi) is 3.85. The summed E-state index contributed by atoms with van der Waals surface area (Å²) in [5, 5.41) is 4.14. The van der Waals surface area contributed by atoms with Crippen molar-refractivity contribution >= 4 is 0 Å². The van der Waals surface area contributed by atoms with Gasteiger partial charge in [0, 0.05) is 18.4 Å². The summed E-state index contributed by atoms with van der Waals surface area (Å²) in [5.41, 5.74) is 1.28. The van der Waals surface area contributed by atoms with Crippen LogP contribution in [0.1, 0.15) is 61.3 Å². The van der Waals surface area contributed by atoms with E-state index in [4.69, 9.17) is 14.0 Å².